The van der Waals surface area contributed by atoms with Gasteiger partial charge in [0.1, 0.15) is 12.4 Å². The van der Waals surface area contributed by atoms with Gasteiger partial charge in [0.2, 0.25) is 0 Å². The fraction of sp³-hybridized carbons (Fsp3) is 0.429. The van der Waals surface area contributed by atoms with Crippen molar-refractivity contribution in [1.82, 2.24) is 20.2 Å². The number of tetrazole rings is 1. The maximum atomic E-state index is 11.3. The van der Waals surface area contributed by atoms with Crippen LogP contribution >= 0.6 is 0 Å². The van der Waals surface area contributed by atoms with Crippen LogP contribution in [0.25, 0.3) is 0 Å². The zero-order valence-electron chi connectivity index (χ0n) is 12.5. The minimum absolute atomic E-state index is 0.105. The number of benzene rings is 1. The molecule has 7 nitrogen and oxygen atoms in total. The molecule has 0 spiro atoms. The number of carbonyl (C=O) groups is 1. The Bertz CT molecular complexity index is 664. The van der Waals surface area contributed by atoms with Crippen molar-refractivity contribution >= 4 is 5.97 Å². The Labute approximate surface area is 122 Å². The van der Waals surface area contributed by atoms with Crippen molar-refractivity contribution in [1.29, 1.82) is 0 Å². The molecule has 0 unspecified atom stereocenters. The Morgan fingerprint density at radius 1 is 1.38 bits per heavy atom. The Balaban J connectivity index is 2.21. The SMILES string of the molecule is Cc1cccc(OCc2nnnn2C(C)(C)C(=O)O)c1C. The van der Waals surface area contributed by atoms with Gasteiger partial charge in [0.15, 0.2) is 11.4 Å². The summed E-state index contributed by atoms with van der Waals surface area (Å²) in [6, 6.07) is 5.76. The number of aromatic nitrogens is 4. The van der Waals surface area contributed by atoms with Gasteiger partial charge >= 0.3 is 5.97 Å². The number of carboxylic acids is 1. The highest BCUT2D eigenvalue weighted by Gasteiger charge is 2.33. The summed E-state index contributed by atoms with van der Waals surface area (Å²) in [6.07, 6.45) is 0. The quantitative estimate of drug-likeness (QED) is 0.901. The molecule has 1 heterocycles. The van der Waals surface area contributed by atoms with E-state index in [1.165, 1.54) is 18.5 Å². The molecule has 0 amide bonds. The Morgan fingerprint density at radius 2 is 2.10 bits per heavy atom. The van der Waals surface area contributed by atoms with E-state index >= 15 is 0 Å². The lowest BCUT2D eigenvalue weighted by Crippen LogP contribution is -2.38. The minimum atomic E-state index is -1.23. The molecule has 112 valence electrons. The zero-order chi connectivity index (χ0) is 15.6. The third-order valence-electron chi connectivity index (χ3n) is 3.50. The third-order valence-corrected chi connectivity index (χ3v) is 3.50. The molecule has 0 saturated heterocycles. The van der Waals surface area contributed by atoms with E-state index in [1.54, 1.807) is 0 Å². The summed E-state index contributed by atoms with van der Waals surface area (Å²) in [5.41, 5.74) is 0.927. The molecule has 0 fully saturated rings. The fourth-order valence-corrected chi connectivity index (χ4v) is 1.84. The molecular weight excluding hydrogens is 272 g/mol. The van der Waals surface area contributed by atoms with Crippen LogP contribution in [0.5, 0.6) is 5.75 Å². The second-order valence-electron chi connectivity index (χ2n) is 5.36. The van der Waals surface area contributed by atoms with Crippen molar-refractivity contribution in [2.24, 2.45) is 0 Å². The molecule has 7 heteroatoms. The smallest absolute Gasteiger partial charge is 0.331 e. The molecule has 2 aromatic rings. The van der Waals surface area contributed by atoms with Crippen molar-refractivity contribution in [3.8, 4) is 5.75 Å². The predicted molar refractivity (Wildman–Crippen MR) is 75.0 cm³/mol. The second-order valence-corrected chi connectivity index (χ2v) is 5.36. The number of rotatable bonds is 5. The summed E-state index contributed by atoms with van der Waals surface area (Å²) in [5.74, 6) is 0.0868. The van der Waals surface area contributed by atoms with Crippen LogP contribution in [0.3, 0.4) is 0 Å². The van der Waals surface area contributed by atoms with Crippen molar-refractivity contribution in [3.05, 3.63) is 35.2 Å². The topological polar surface area (TPSA) is 90.1 Å². The van der Waals surface area contributed by atoms with Gasteiger partial charge in [-0.25, -0.2) is 9.48 Å². The van der Waals surface area contributed by atoms with Crippen molar-refractivity contribution in [2.75, 3.05) is 0 Å². The first-order valence-electron chi connectivity index (χ1n) is 6.54. The number of aliphatic carboxylic acids is 1. The lowest BCUT2D eigenvalue weighted by Gasteiger charge is -2.20. The van der Waals surface area contributed by atoms with Crippen LogP contribution in [-0.4, -0.2) is 31.3 Å². The normalized spacial score (nSPS) is 11.4. The molecular formula is C14H18N4O3. The first kappa shape index (κ1) is 15.0. The fourth-order valence-electron chi connectivity index (χ4n) is 1.84. The van der Waals surface area contributed by atoms with Crippen LogP contribution < -0.4 is 4.74 Å². The van der Waals surface area contributed by atoms with E-state index in [9.17, 15) is 9.90 Å². The van der Waals surface area contributed by atoms with E-state index in [2.05, 4.69) is 15.5 Å². The average molecular weight is 290 g/mol. The van der Waals surface area contributed by atoms with Crippen molar-refractivity contribution in [3.63, 3.8) is 0 Å². The maximum Gasteiger partial charge on any atom is 0.331 e. The Morgan fingerprint density at radius 3 is 2.76 bits per heavy atom. The van der Waals surface area contributed by atoms with Gasteiger partial charge in [-0.2, -0.15) is 0 Å². The zero-order valence-corrected chi connectivity index (χ0v) is 12.5. The second kappa shape index (κ2) is 5.51. The summed E-state index contributed by atoms with van der Waals surface area (Å²) in [4.78, 5) is 11.3. The third kappa shape index (κ3) is 2.86. The lowest BCUT2D eigenvalue weighted by molar-refractivity contribution is -0.146. The highest BCUT2D eigenvalue weighted by Crippen LogP contribution is 2.22. The molecule has 0 atom stereocenters. The van der Waals surface area contributed by atoms with Crippen LogP contribution in [0.2, 0.25) is 0 Å². The minimum Gasteiger partial charge on any atom is -0.485 e. The molecule has 1 aromatic carbocycles. The standard InChI is InChI=1S/C14H18N4O3/c1-9-6-5-7-11(10(9)2)21-8-12-15-16-17-18(12)14(3,4)13(19)20/h5-7H,8H2,1-4H3,(H,19,20). The summed E-state index contributed by atoms with van der Waals surface area (Å²) < 4.78 is 6.99. The van der Waals surface area contributed by atoms with Crippen LogP contribution in [-0.2, 0) is 16.9 Å². The number of nitrogens with zero attached hydrogens (tertiary/aromatic N) is 4. The molecule has 0 radical (unpaired) electrons. The predicted octanol–water partition coefficient (Wildman–Crippen LogP) is 1.69. The van der Waals surface area contributed by atoms with Crippen molar-refractivity contribution in [2.45, 2.75) is 39.8 Å². The summed E-state index contributed by atoms with van der Waals surface area (Å²) in [6.45, 7) is 7.14. The van der Waals surface area contributed by atoms with Gasteiger partial charge in [-0.05, 0) is 55.3 Å². The van der Waals surface area contributed by atoms with Gasteiger partial charge in [0, 0.05) is 0 Å². The summed E-state index contributed by atoms with van der Waals surface area (Å²) in [5, 5.41) is 20.4. The molecule has 0 aliphatic rings. The number of carboxylic acid groups (broad SMARTS) is 1. The molecule has 1 aromatic heterocycles. The number of hydrogen-bond acceptors (Lipinski definition) is 5. The molecule has 2 rings (SSSR count). The van der Waals surface area contributed by atoms with Gasteiger partial charge in [-0.15, -0.1) is 5.10 Å². The van der Waals surface area contributed by atoms with Crippen LogP contribution in [0.4, 0.5) is 0 Å². The van der Waals surface area contributed by atoms with Gasteiger partial charge < -0.3 is 9.84 Å². The number of ether oxygens (including phenoxy) is 1. The Hall–Kier alpha value is -2.44. The molecule has 1 N–H and O–H groups in total. The first-order valence-corrected chi connectivity index (χ1v) is 6.54. The summed E-state index contributed by atoms with van der Waals surface area (Å²) in [7, 11) is 0. The molecule has 0 aliphatic carbocycles. The van der Waals surface area contributed by atoms with Crippen molar-refractivity contribution < 1.29 is 14.6 Å². The maximum absolute atomic E-state index is 11.3. The van der Waals surface area contributed by atoms with E-state index in [0.29, 0.717) is 5.82 Å². The lowest BCUT2D eigenvalue weighted by atomic mass is 10.1. The van der Waals surface area contributed by atoms with E-state index in [4.69, 9.17) is 4.74 Å². The Kier molecular flexibility index (Phi) is 3.93. The van der Waals surface area contributed by atoms with Gasteiger partial charge in [-0.3, -0.25) is 0 Å². The average Bonchev–Trinajstić information content (AvgIpc) is 2.89. The number of aryl methyl sites for hydroxylation is 1. The summed E-state index contributed by atoms with van der Waals surface area (Å²) >= 11 is 0. The van der Waals surface area contributed by atoms with Crippen LogP contribution in [0, 0.1) is 13.8 Å². The first-order chi connectivity index (χ1) is 9.84. The highest BCUT2D eigenvalue weighted by molar-refractivity contribution is 5.75. The van der Waals surface area contributed by atoms with E-state index in [-0.39, 0.29) is 6.61 Å². The van der Waals surface area contributed by atoms with Crippen LogP contribution in [0.1, 0.15) is 30.8 Å². The number of hydrogen-bond donors (Lipinski definition) is 1. The van der Waals surface area contributed by atoms with E-state index in [0.717, 1.165) is 16.9 Å². The highest BCUT2D eigenvalue weighted by atomic mass is 16.5. The van der Waals surface area contributed by atoms with Crippen LogP contribution in [0.15, 0.2) is 18.2 Å². The molecule has 0 bridgehead atoms. The van der Waals surface area contributed by atoms with Gasteiger partial charge in [0.05, 0.1) is 0 Å². The molecule has 21 heavy (non-hydrogen) atoms. The molecule has 0 saturated carbocycles. The van der Waals surface area contributed by atoms with E-state index in [1.807, 2.05) is 32.0 Å². The van der Waals surface area contributed by atoms with Gasteiger partial charge in [-0.1, -0.05) is 12.1 Å². The monoisotopic (exact) mass is 290 g/mol. The largest absolute Gasteiger partial charge is 0.485 e. The van der Waals surface area contributed by atoms with Gasteiger partial charge in [0.25, 0.3) is 0 Å². The van der Waals surface area contributed by atoms with E-state index < -0.39 is 11.5 Å². The molecule has 0 aliphatic heterocycles.